The molecule has 0 unspecified atom stereocenters. The highest BCUT2D eigenvalue weighted by atomic mass is 32.2. The van der Waals surface area contributed by atoms with Crippen LogP contribution < -0.4 is 9.64 Å². The molecule has 0 aliphatic carbocycles. The van der Waals surface area contributed by atoms with Gasteiger partial charge in [-0.15, -0.1) is 0 Å². The van der Waals surface area contributed by atoms with Crippen LogP contribution in [0.5, 0.6) is 5.75 Å². The highest BCUT2D eigenvalue weighted by Crippen LogP contribution is 2.26. The summed E-state index contributed by atoms with van der Waals surface area (Å²) in [6.45, 7) is 10.3. The number of carbonyl (C=O) groups is 1. The molecule has 0 spiro atoms. The van der Waals surface area contributed by atoms with E-state index in [9.17, 15) is 13.2 Å². The van der Waals surface area contributed by atoms with Crippen LogP contribution in [-0.4, -0.2) is 82.6 Å². The van der Waals surface area contributed by atoms with Gasteiger partial charge < -0.3 is 19.3 Å². The van der Waals surface area contributed by atoms with Crippen LogP contribution in [-0.2, 0) is 19.6 Å². The number of benzene rings is 2. The van der Waals surface area contributed by atoms with Gasteiger partial charge in [0, 0.05) is 45.0 Å². The molecule has 34 heavy (non-hydrogen) atoms. The number of rotatable bonds is 6. The average Bonchev–Trinajstić information content (AvgIpc) is 2.85. The van der Waals surface area contributed by atoms with Crippen LogP contribution in [0.3, 0.4) is 0 Å². The SMILES string of the molecule is Cc1cc(S(=O)(=O)N2CCOCC2)ccc1OCC(=O)N1CCN(c2cccc(C)c2C)CC1. The van der Waals surface area contributed by atoms with E-state index in [1.807, 2.05) is 4.90 Å². The average molecular weight is 488 g/mol. The third-order valence-electron chi connectivity index (χ3n) is 6.65. The van der Waals surface area contributed by atoms with Crippen molar-refractivity contribution in [2.75, 3.05) is 64.0 Å². The van der Waals surface area contributed by atoms with E-state index in [-0.39, 0.29) is 17.4 Å². The second-order valence-corrected chi connectivity index (χ2v) is 10.8. The summed E-state index contributed by atoms with van der Waals surface area (Å²) in [5.74, 6) is 0.452. The lowest BCUT2D eigenvalue weighted by Crippen LogP contribution is -2.50. The minimum absolute atomic E-state index is 0.0648. The molecule has 2 heterocycles. The van der Waals surface area contributed by atoms with Gasteiger partial charge in [-0.05, 0) is 61.7 Å². The van der Waals surface area contributed by atoms with E-state index < -0.39 is 10.0 Å². The summed E-state index contributed by atoms with van der Waals surface area (Å²) >= 11 is 0. The summed E-state index contributed by atoms with van der Waals surface area (Å²) in [6, 6.07) is 11.1. The van der Waals surface area contributed by atoms with Crippen molar-refractivity contribution >= 4 is 21.6 Å². The minimum Gasteiger partial charge on any atom is -0.483 e. The van der Waals surface area contributed by atoms with Gasteiger partial charge in [-0.25, -0.2) is 8.42 Å². The Balaban J connectivity index is 1.32. The molecule has 9 heteroatoms. The van der Waals surface area contributed by atoms with Crippen molar-refractivity contribution in [2.45, 2.75) is 25.7 Å². The fraction of sp³-hybridized carbons (Fsp3) is 0.480. The lowest BCUT2D eigenvalue weighted by atomic mass is 10.1. The van der Waals surface area contributed by atoms with E-state index in [4.69, 9.17) is 9.47 Å². The first kappa shape index (κ1) is 24.5. The molecule has 0 radical (unpaired) electrons. The third-order valence-corrected chi connectivity index (χ3v) is 8.55. The van der Waals surface area contributed by atoms with Crippen LogP contribution in [0.15, 0.2) is 41.3 Å². The Kier molecular flexibility index (Phi) is 7.45. The van der Waals surface area contributed by atoms with E-state index >= 15 is 0 Å². The van der Waals surface area contributed by atoms with Gasteiger partial charge in [0.1, 0.15) is 5.75 Å². The monoisotopic (exact) mass is 487 g/mol. The van der Waals surface area contributed by atoms with Gasteiger partial charge in [-0.2, -0.15) is 4.31 Å². The van der Waals surface area contributed by atoms with Crippen molar-refractivity contribution in [1.82, 2.24) is 9.21 Å². The number of aryl methyl sites for hydroxylation is 2. The lowest BCUT2D eigenvalue weighted by Gasteiger charge is -2.37. The number of carbonyl (C=O) groups excluding carboxylic acids is 1. The summed E-state index contributed by atoms with van der Waals surface area (Å²) < 4.78 is 38.2. The zero-order chi connectivity index (χ0) is 24.3. The van der Waals surface area contributed by atoms with E-state index in [1.54, 1.807) is 25.1 Å². The Bertz CT molecular complexity index is 1140. The molecule has 0 bridgehead atoms. The summed E-state index contributed by atoms with van der Waals surface area (Å²) in [6.07, 6.45) is 0. The first-order valence-corrected chi connectivity index (χ1v) is 13.1. The van der Waals surface area contributed by atoms with Crippen LogP contribution in [0.2, 0.25) is 0 Å². The Morgan fingerprint density at radius 3 is 2.32 bits per heavy atom. The van der Waals surface area contributed by atoms with E-state index in [2.05, 4.69) is 36.9 Å². The molecule has 0 aromatic heterocycles. The quantitative estimate of drug-likeness (QED) is 0.623. The van der Waals surface area contributed by atoms with Crippen LogP contribution in [0.25, 0.3) is 0 Å². The second kappa shape index (κ2) is 10.3. The molecule has 2 aliphatic rings. The van der Waals surface area contributed by atoms with Gasteiger partial charge in [0.05, 0.1) is 18.1 Å². The van der Waals surface area contributed by atoms with Gasteiger partial charge in [0.25, 0.3) is 5.91 Å². The van der Waals surface area contributed by atoms with E-state index in [0.29, 0.717) is 50.7 Å². The second-order valence-electron chi connectivity index (χ2n) is 8.82. The summed E-state index contributed by atoms with van der Waals surface area (Å²) in [5.41, 5.74) is 4.46. The number of anilines is 1. The van der Waals surface area contributed by atoms with E-state index in [1.165, 1.54) is 21.1 Å². The molecule has 4 rings (SSSR count). The number of nitrogens with zero attached hydrogens (tertiary/aromatic N) is 3. The van der Waals surface area contributed by atoms with Gasteiger partial charge in [0.15, 0.2) is 6.61 Å². The maximum absolute atomic E-state index is 12.9. The van der Waals surface area contributed by atoms with Crippen molar-refractivity contribution in [2.24, 2.45) is 0 Å². The molecular formula is C25H33N3O5S. The fourth-order valence-corrected chi connectivity index (χ4v) is 5.88. The molecular weight excluding hydrogens is 454 g/mol. The molecule has 2 aliphatic heterocycles. The first-order valence-electron chi connectivity index (χ1n) is 11.7. The molecule has 2 aromatic carbocycles. The van der Waals surface area contributed by atoms with Crippen LogP contribution in [0.4, 0.5) is 5.69 Å². The highest BCUT2D eigenvalue weighted by Gasteiger charge is 2.27. The highest BCUT2D eigenvalue weighted by molar-refractivity contribution is 7.89. The molecule has 2 saturated heterocycles. The van der Waals surface area contributed by atoms with Crippen molar-refractivity contribution in [3.05, 3.63) is 53.1 Å². The van der Waals surface area contributed by atoms with E-state index in [0.717, 1.165) is 13.1 Å². The standard InChI is InChI=1S/C25H33N3O5S/c1-19-5-4-6-23(21(19)3)26-9-11-27(12-10-26)25(29)18-33-24-8-7-22(17-20(24)2)34(30,31)28-13-15-32-16-14-28/h4-8,17H,9-16,18H2,1-3H3. The Morgan fingerprint density at radius 1 is 0.941 bits per heavy atom. The summed E-state index contributed by atoms with van der Waals surface area (Å²) in [7, 11) is -3.57. The Labute approximate surface area is 202 Å². The van der Waals surface area contributed by atoms with Gasteiger partial charge in [-0.3, -0.25) is 4.79 Å². The first-order chi connectivity index (χ1) is 16.3. The van der Waals surface area contributed by atoms with Crippen LogP contribution >= 0.6 is 0 Å². The molecule has 0 N–H and O–H groups in total. The molecule has 2 fully saturated rings. The maximum atomic E-state index is 12.9. The fourth-order valence-electron chi connectivity index (χ4n) is 4.39. The zero-order valence-corrected chi connectivity index (χ0v) is 20.9. The smallest absolute Gasteiger partial charge is 0.260 e. The third kappa shape index (κ3) is 5.21. The number of amides is 1. The molecule has 2 aromatic rings. The van der Waals surface area contributed by atoms with Crippen molar-refractivity contribution in [1.29, 1.82) is 0 Å². The zero-order valence-electron chi connectivity index (χ0n) is 20.1. The minimum atomic E-state index is -3.57. The number of ether oxygens (including phenoxy) is 2. The van der Waals surface area contributed by atoms with Crippen molar-refractivity contribution < 1.29 is 22.7 Å². The van der Waals surface area contributed by atoms with Crippen LogP contribution in [0.1, 0.15) is 16.7 Å². The van der Waals surface area contributed by atoms with Crippen molar-refractivity contribution in [3.63, 3.8) is 0 Å². The molecule has 0 atom stereocenters. The largest absolute Gasteiger partial charge is 0.483 e. The summed E-state index contributed by atoms with van der Waals surface area (Å²) in [5, 5.41) is 0. The lowest BCUT2D eigenvalue weighted by molar-refractivity contribution is -0.133. The number of sulfonamides is 1. The molecule has 0 saturated carbocycles. The van der Waals surface area contributed by atoms with Gasteiger partial charge >= 0.3 is 0 Å². The Morgan fingerprint density at radius 2 is 1.65 bits per heavy atom. The predicted molar refractivity (Wildman–Crippen MR) is 131 cm³/mol. The van der Waals surface area contributed by atoms with Crippen LogP contribution in [0, 0.1) is 20.8 Å². The normalized spacial score (nSPS) is 17.6. The number of morpholine rings is 1. The van der Waals surface area contributed by atoms with Gasteiger partial charge in [0.2, 0.25) is 10.0 Å². The number of hydrogen-bond donors (Lipinski definition) is 0. The molecule has 8 nitrogen and oxygen atoms in total. The predicted octanol–water partition coefficient (Wildman–Crippen LogP) is 2.36. The summed E-state index contributed by atoms with van der Waals surface area (Å²) in [4.78, 5) is 17.1. The number of piperazine rings is 1. The van der Waals surface area contributed by atoms with Gasteiger partial charge in [-0.1, -0.05) is 12.1 Å². The number of hydrogen-bond acceptors (Lipinski definition) is 6. The molecule has 1 amide bonds. The maximum Gasteiger partial charge on any atom is 0.260 e. The topological polar surface area (TPSA) is 79.4 Å². The Hall–Kier alpha value is -2.62. The van der Waals surface area contributed by atoms with Crippen molar-refractivity contribution in [3.8, 4) is 5.75 Å². The molecule has 184 valence electrons.